The Labute approximate surface area is 117 Å². The molecule has 6 nitrogen and oxygen atoms in total. The van der Waals surface area contributed by atoms with Crippen molar-refractivity contribution in [3.8, 4) is 5.69 Å². The highest BCUT2D eigenvalue weighted by molar-refractivity contribution is 5.44. The van der Waals surface area contributed by atoms with Crippen LogP contribution in [0.15, 0.2) is 23.0 Å². The van der Waals surface area contributed by atoms with Gasteiger partial charge < -0.3 is 5.11 Å². The molecule has 0 unspecified atom stereocenters. The van der Waals surface area contributed by atoms with Crippen molar-refractivity contribution in [1.29, 1.82) is 0 Å². The zero-order valence-corrected chi connectivity index (χ0v) is 12.3. The first-order chi connectivity index (χ1) is 9.34. The second kappa shape index (κ2) is 5.20. The van der Waals surface area contributed by atoms with Crippen molar-refractivity contribution in [1.82, 2.24) is 19.8 Å². The highest BCUT2D eigenvalue weighted by Crippen LogP contribution is 2.25. The number of benzene rings is 1. The molecule has 2 rings (SSSR count). The van der Waals surface area contributed by atoms with Gasteiger partial charge in [-0.3, -0.25) is 0 Å². The van der Waals surface area contributed by atoms with Gasteiger partial charge in [0, 0.05) is 0 Å². The summed E-state index contributed by atoms with van der Waals surface area (Å²) >= 11 is 0. The number of hydrogen-bond acceptors (Lipinski definition) is 4. The van der Waals surface area contributed by atoms with E-state index in [0.29, 0.717) is 0 Å². The maximum atomic E-state index is 12.2. The number of nitrogens with zero attached hydrogens (tertiary/aromatic N) is 4. The Morgan fingerprint density at radius 2 is 1.95 bits per heavy atom. The Bertz CT molecular complexity index is 665. The van der Waals surface area contributed by atoms with E-state index in [1.165, 1.54) is 4.68 Å². The minimum absolute atomic E-state index is 0.00680. The molecule has 0 saturated carbocycles. The van der Waals surface area contributed by atoms with Gasteiger partial charge in [0.1, 0.15) is 0 Å². The molecule has 1 aromatic carbocycles. The lowest BCUT2D eigenvalue weighted by Crippen LogP contribution is -2.26. The first-order valence-corrected chi connectivity index (χ1v) is 6.60. The van der Waals surface area contributed by atoms with Crippen LogP contribution >= 0.6 is 0 Å². The average Bonchev–Trinajstić information content (AvgIpc) is 2.71. The summed E-state index contributed by atoms with van der Waals surface area (Å²) in [7, 11) is 0. The van der Waals surface area contributed by atoms with Gasteiger partial charge in [-0.1, -0.05) is 32.9 Å². The Hall–Kier alpha value is -1.95. The van der Waals surface area contributed by atoms with Gasteiger partial charge in [-0.2, -0.15) is 9.36 Å². The van der Waals surface area contributed by atoms with Crippen LogP contribution in [-0.4, -0.2) is 31.5 Å². The van der Waals surface area contributed by atoms with Crippen molar-refractivity contribution >= 4 is 0 Å². The number of aryl methyl sites for hydroxylation is 1. The summed E-state index contributed by atoms with van der Waals surface area (Å²) in [6.45, 7) is 8.29. The summed E-state index contributed by atoms with van der Waals surface area (Å²) in [5.74, 6) is 0. The van der Waals surface area contributed by atoms with Gasteiger partial charge in [0.25, 0.3) is 0 Å². The van der Waals surface area contributed by atoms with Crippen molar-refractivity contribution in [3.63, 3.8) is 0 Å². The third-order valence-electron chi connectivity index (χ3n) is 3.25. The maximum Gasteiger partial charge on any atom is 0.368 e. The molecule has 0 aliphatic heterocycles. The molecule has 1 heterocycles. The molecule has 0 aliphatic carbocycles. The fraction of sp³-hybridized carbons (Fsp3) is 0.500. The normalized spacial score (nSPS) is 11.8. The van der Waals surface area contributed by atoms with Gasteiger partial charge in [-0.05, 0) is 40.0 Å². The molecule has 0 spiro atoms. The van der Waals surface area contributed by atoms with Crippen LogP contribution in [-0.2, 0) is 12.0 Å². The van der Waals surface area contributed by atoms with Crippen molar-refractivity contribution < 1.29 is 5.11 Å². The topological polar surface area (TPSA) is 72.9 Å². The summed E-state index contributed by atoms with van der Waals surface area (Å²) < 4.78 is 2.43. The second-order valence-electron chi connectivity index (χ2n) is 5.87. The largest absolute Gasteiger partial charge is 0.394 e. The van der Waals surface area contributed by atoms with E-state index >= 15 is 0 Å². The Balaban J connectivity index is 2.55. The molecular formula is C14H20N4O2. The smallest absolute Gasteiger partial charge is 0.368 e. The molecule has 20 heavy (non-hydrogen) atoms. The van der Waals surface area contributed by atoms with Crippen LogP contribution in [0.1, 0.15) is 31.9 Å². The van der Waals surface area contributed by atoms with Gasteiger partial charge >= 0.3 is 5.69 Å². The van der Waals surface area contributed by atoms with Crippen LogP contribution in [0.5, 0.6) is 0 Å². The summed E-state index contributed by atoms with van der Waals surface area (Å²) in [6.07, 6.45) is 0. The van der Waals surface area contributed by atoms with Crippen LogP contribution in [0.3, 0.4) is 0 Å². The first kappa shape index (κ1) is 14.5. The van der Waals surface area contributed by atoms with Gasteiger partial charge in [-0.25, -0.2) is 4.79 Å². The molecule has 2 aromatic rings. The van der Waals surface area contributed by atoms with Crippen molar-refractivity contribution in [3.05, 3.63) is 39.8 Å². The molecule has 1 aromatic heterocycles. The lowest BCUT2D eigenvalue weighted by Gasteiger charge is -2.20. The maximum absolute atomic E-state index is 12.2. The zero-order chi connectivity index (χ0) is 14.9. The quantitative estimate of drug-likeness (QED) is 0.908. The minimum atomic E-state index is -0.340. The van der Waals surface area contributed by atoms with Crippen LogP contribution in [0.25, 0.3) is 5.69 Å². The van der Waals surface area contributed by atoms with Crippen LogP contribution in [0, 0.1) is 6.92 Å². The molecule has 0 aliphatic rings. The number of rotatable bonds is 3. The lowest BCUT2D eigenvalue weighted by molar-refractivity contribution is 0.266. The van der Waals surface area contributed by atoms with Crippen LogP contribution < -0.4 is 5.69 Å². The fourth-order valence-corrected chi connectivity index (χ4v) is 1.96. The third-order valence-corrected chi connectivity index (χ3v) is 3.25. The Kier molecular flexibility index (Phi) is 3.76. The van der Waals surface area contributed by atoms with Gasteiger partial charge in [0.05, 0.1) is 18.8 Å². The molecule has 6 heteroatoms. The molecule has 0 atom stereocenters. The SMILES string of the molecule is Cc1ccc(C(C)(C)C)cc1-n1nnn(CCO)c1=O. The predicted molar refractivity (Wildman–Crippen MR) is 76.1 cm³/mol. The standard InChI is InChI=1S/C14H20N4O2/c1-10-5-6-11(14(2,3)4)9-12(10)18-13(20)17(7-8-19)15-16-18/h5-6,9,19H,7-8H2,1-4H3. The fourth-order valence-electron chi connectivity index (χ4n) is 1.96. The van der Waals surface area contributed by atoms with Gasteiger partial charge in [0.2, 0.25) is 0 Å². The van der Waals surface area contributed by atoms with Crippen molar-refractivity contribution in [2.75, 3.05) is 6.61 Å². The molecule has 0 bridgehead atoms. The summed E-state index contributed by atoms with van der Waals surface area (Å²) in [6, 6.07) is 6.00. The average molecular weight is 276 g/mol. The van der Waals surface area contributed by atoms with E-state index in [1.54, 1.807) is 0 Å². The monoisotopic (exact) mass is 276 g/mol. The Morgan fingerprint density at radius 1 is 1.25 bits per heavy atom. The summed E-state index contributed by atoms with van der Waals surface area (Å²) in [5, 5.41) is 16.6. The van der Waals surface area contributed by atoms with E-state index in [0.717, 1.165) is 21.5 Å². The van der Waals surface area contributed by atoms with Crippen LogP contribution in [0.2, 0.25) is 0 Å². The van der Waals surface area contributed by atoms with Crippen molar-refractivity contribution in [2.45, 2.75) is 39.7 Å². The van der Waals surface area contributed by atoms with E-state index in [2.05, 4.69) is 37.3 Å². The molecule has 0 fully saturated rings. The Morgan fingerprint density at radius 3 is 2.55 bits per heavy atom. The van der Waals surface area contributed by atoms with Crippen molar-refractivity contribution in [2.24, 2.45) is 0 Å². The van der Waals surface area contributed by atoms with Gasteiger partial charge in [0.15, 0.2) is 0 Å². The van der Waals surface area contributed by atoms with E-state index < -0.39 is 0 Å². The van der Waals surface area contributed by atoms with Crippen LogP contribution in [0.4, 0.5) is 0 Å². The minimum Gasteiger partial charge on any atom is -0.394 e. The highest BCUT2D eigenvalue weighted by Gasteiger charge is 2.17. The van der Waals surface area contributed by atoms with E-state index in [-0.39, 0.29) is 24.3 Å². The zero-order valence-electron chi connectivity index (χ0n) is 12.3. The molecule has 0 saturated heterocycles. The molecule has 0 radical (unpaired) electrons. The number of aromatic nitrogens is 4. The molecule has 108 valence electrons. The highest BCUT2D eigenvalue weighted by atomic mass is 16.3. The summed E-state index contributed by atoms with van der Waals surface area (Å²) in [5.41, 5.74) is 2.46. The second-order valence-corrected chi connectivity index (χ2v) is 5.87. The first-order valence-electron chi connectivity index (χ1n) is 6.60. The van der Waals surface area contributed by atoms with Gasteiger partial charge in [-0.15, -0.1) is 0 Å². The number of hydrogen-bond donors (Lipinski definition) is 1. The van der Waals surface area contributed by atoms with E-state index in [1.807, 2.05) is 19.1 Å². The van der Waals surface area contributed by atoms with E-state index in [4.69, 9.17) is 5.11 Å². The molecule has 1 N–H and O–H groups in total. The number of aliphatic hydroxyl groups is 1. The molecule has 0 amide bonds. The number of aliphatic hydroxyl groups excluding tert-OH is 1. The predicted octanol–water partition coefficient (Wildman–Crippen LogP) is 1.03. The third kappa shape index (κ3) is 2.65. The van der Waals surface area contributed by atoms with E-state index in [9.17, 15) is 4.79 Å². The molecular weight excluding hydrogens is 256 g/mol. The number of tetrazole rings is 1. The lowest BCUT2D eigenvalue weighted by atomic mass is 9.86. The summed E-state index contributed by atoms with van der Waals surface area (Å²) in [4.78, 5) is 12.2.